The summed E-state index contributed by atoms with van der Waals surface area (Å²) in [7, 11) is 0. The summed E-state index contributed by atoms with van der Waals surface area (Å²) in [6, 6.07) is 6.98. The van der Waals surface area contributed by atoms with Gasteiger partial charge in [0.1, 0.15) is 0 Å². The molecule has 0 unspecified atom stereocenters. The third-order valence-corrected chi connectivity index (χ3v) is 2.13. The molecular weight excluding hydrogens is 200 g/mol. The highest BCUT2D eigenvalue weighted by Crippen LogP contribution is 2.13. The van der Waals surface area contributed by atoms with Crippen molar-refractivity contribution in [3.05, 3.63) is 35.4 Å². The van der Waals surface area contributed by atoms with E-state index in [1.54, 1.807) is 6.92 Å². The quantitative estimate of drug-likeness (QED) is 0.820. The lowest BCUT2D eigenvalue weighted by Gasteiger charge is -2.13. The largest absolute Gasteiger partial charge is 0.345 e. The van der Waals surface area contributed by atoms with Gasteiger partial charge in [-0.1, -0.05) is 29.8 Å². The van der Waals surface area contributed by atoms with E-state index in [4.69, 9.17) is 0 Å². The second-order valence-corrected chi connectivity index (χ2v) is 3.44. The summed E-state index contributed by atoms with van der Waals surface area (Å²) in [5, 5.41) is 2.23. The average molecular weight is 213 g/mol. The number of carbonyl (C=O) groups excluding carboxylic acids is 1. The van der Waals surface area contributed by atoms with E-state index in [1.165, 1.54) is 0 Å². The number of alkyl halides is 2. The van der Waals surface area contributed by atoms with Crippen LogP contribution in [0.4, 0.5) is 8.78 Å². The van der Waals surface area contributed by atoms with Crippen LogP contribution in [0, 0.1) is 6.92 Å². The Morgan fingerprint density at radius 3 is 2.27 bits per heavy atom. The first-order chi connectivity index (χ1) is 7.00. The van der Waals surface area contributed by atoms with Crippen molar-refractivity contribution in [2.75, 3.05) is 0 Å². The van der Waals surface area contributed by atoms with Crippen LogP contribution < -0.4 is 5.32 Å². The second kappa shape index (κ2) is 4.87. The van der Waals surface area contributed by atoms with Crippen molar-refractivity contribution in [2.45, 2.75) is 26.3 Å². The van der Waals surface area contributed by atoms with Crippen LogP contribution >= 0.6 is 0 Å². The Bertz CT molecular complexity index is 335. The fraction of sp³-hybridized carbons (Fsp3) is 0.364. The Balaban J connectivity index is 2.65. The highest BCUT2D eigenvalue weighted by atomic mass is 19.3. The minimum atomic E-state index is -2.96. The molecule has 0 radical (unpaired) electrons. The maximum Gasteiger partial charge on any atom is 0.315 e. The first kappa shape index (κ1) is 11.6. The van der Waals surface area contributed by atoms with E-state index in [9.17, 15) is 13.6 Å². The number of aryl methyl sites for hydroxylation is 1. The van der Waals surface area contributed by atoms with E-state index in [1.807, 2.05) is 31.2 Å². The van der Waals surface area contributed by atoms with Crippen LogP contribution in [0.2, 0.25) is 0 Å². The molecule has 0 saturated carbocycles. The predicted molar refractivity (Wildman–Crippen MR) is 53.7 cm³/mol. The topological polar surface area (TPSA) is 29.1 Å². The molecule has 0 fully saturated rings. The van der Waals surface area contributed by atoms with Gasteiger partial charge in [0, 0.05) is 0 Å². The van der Waals surface area contributed by atoms with Crippen molar-refractivity contribution in [1.29, 1.82) is 0 Å². The number of amides is 1. The summed E-state index contributed by atoms with van der Waals surface area (Å²) >= 11 is 0. The van der Waals surface area contributed by atoms with Gasteiger partial charge in [-0.3, -0.25) is 4.79 Å². The molecule has 1 aromatic carbocycles. The molecule has 1 aromatic rings. The SMILES string of the molecule is Cc1ccc([C@@H](C)NC(=O)C(F)F)cc1. The van der Waals surface area contributed by atoms with Gasteiger partial charge in [-0.05, 0) is 19.4 Å². The Labute approximate surface area is 87.3 Å². The second-order valence-electron chi connectivity index (χ2n) is 3.44. The van der Waals surface area contributed by atoms with Gasteiger partial charge in [-0.2, -0.15) is 8.78 Å². The van der Waals surface area contributed by atoms with Crippen LogP contribution in [0.3, 0.4) is 0 Å². The fourth-order valence-electron chi connectivity index (χ4n) is 1.21. The predicted octanol–water partition coefficient (Wildman–Crippen LogP) is 2.44. The molecule has 4 heteroatoms. The van der Waals surface area contributed by atoms with Crippen molar-refractivity contribution in [1.82, 2.24) is 5.32 Å². The van der Waals surface area contributed by atoms with Gasteiger partial charge < -0.3 is 5.32 Å². The maximum atomic E-state index is 12.0. The lowest BCUT2D eigenvalue weighted by Crippen LogP contribution is -2.31. The summed E-state index contributed by atoms with van der Waals surface area (Å²) in [6.45, 7) is 3.61. The number of nitrogens with one attached hydrogen (secondary N) is 1. The first-order valence-corrected chi connectivity index (χ1v) is 4.66. The summed E-state index contributed by atoms with van der Waals surface area (Å²) in [4.78, 5) is 10.7. The molecule has 0 saturated heterocycles. The zero-order valence-corrected chi connectivity index (χ0v) is 8.63. The van der Waals surface area contributed by atoms with Crippen LogP contribution in [0.1, 0.15) is 24.1 Å². The maximum absolute atomic E-state index is 12.0. The summed E-state index contributed by atoms with van der Waals surface area (Å²) < 4.78 is 23.9. The van der Waals surface area contributed by atoms with E-state index < -0.39 is 18.4 Å². The summed E-state index contributed by atoms with van der Waals surface area (Å²) in [5.74, 6) is -1.23. The zero-order chi connectivity index (χ0) is 11.4. The van der Waals surface area contributed by atoms with Crippen molar-refractivity contribution in [2.24, 2.45) is 0 Å². The van der Waals surface area contributed by atoms with Crippen LogP contribution in [0.15, 0.2) is 24.3 Å². The minimum absolute atomic E-state index is 0.396. The summed E-state index contributed by atoms with van der Waals surface area (Å²) in [6.07, 6.45) is -2.96. The van der Waals surface area contributed by atoms with Gasteiger partial charge in [0.2, 0.25) is 0 Å². The molecule has 1 amide bonds. The monoisotopic (exact) mass is 213 g/mol. The van der Waals surface area contributed by atoms with Crippen molar-refractivity contribution >= 4 is 5.91 Å². The molecule has 1 rings (SSSR count). The van der Waals surface area contributed by atoms with Gasteiger partial charge in [0.25, 0.3) is 5.91 Å². The highest BCUT2D eigenvalue weighted by molar-refractivity contribution is 5.79. The Morgan fingerprint density at radius 2 is 1.80 bits per heavy atom. The van der Waals surface area contributed by atoms with Gasteiger partial charge >= 0.3 is 6.43 Å². The molecule has 0 spiro atoms. The third kappa shape index (κ3) is 3.31. The number of hydrogen-bond acceptors (Lipinski definition) is 1. The van der Waals surface area contributed by atoms with Crippen LogP contribution in [-0.2, 0) is 4.79 Å². The number of carbonyl (C=O) groups is 1. The normalized spacial score (nSPS) is 12.6. The molecule has 0 aromatic heterocycles. The number of halogens is 2. The number of hydrogen-bond donors (Lipinski definition) is 1. The lowest BCUT2D eigenvalue weighted by molar-refractivity contribution is -0.132. The molecule has 82 valence electrons. The van der Waals surface area contributed by atoms with E-state index >= 15 is 0 Å². The Kier molecular flexibility index (Phi) is 3.77. The molecule has 0 aliphatic rings. The van der Waals surface area contributed by atoms with Crippen LogP contribution in [0.25, 0.3) is 0 Å². The van der Waals surface area contributed by atoms with E-state index in [0.717, 1.165) is 11.1 Å². The van der Waals surface area contributed by atoms with E-state index in [-0.39, 0.29) is 0 Å². The molecule has 0 heterocycles. The molecule has 1 atom stereocenters. The van der Waals surface area contributed by atoms with Crippen molar-refractivity contribution < 1.29 is 13.6 Å². The lowest BCUT2D eigenvalue weighted by atomic mass is 10.1. The fourth-order valence-corrected chi connectivity index (χ4v) is 1.21. The Morgan fingerprint density at radius 1 is 1.27 bits per heavy atom. The third-order valence-electron chi connectivity index (χ3n) is 2.13. The molecule has 0 aliphatic carbocycles. The summed E-state index contributed by atoms with van der Waals surface area (Å²) in [5.41, 5.74) is 1.90. The van der Waals surface area contributed by atoms with Gasteiger partial charge in [-0.25, -0.2) is 0 Å². The first-order valence-electron chi connectivity index (χ1n) is 4.66. The molecule has 1 N–H and O–H groups in total. The minimum Gasteiger partial charge on any atom is -0.345 e. The average Bonchev–Trinajstić information content (AvgIpc) is 2.18. The number of rotatable bonds is 3. The molecule has 0 bridgehead atoms. The zero-order valence-electron chi connectivity index (χ0n) is 8.63. The highest BCUT2D eigenvalue weighted by Gasteiger charge is 2.17. The molecular formula is C11H13F2NO. The molecule has 2 nitrogen and oxygen atoms in total. The van der Waals surface area contributed by atoms with Crippen LogP contribution in [-0.4, -0.2) is 12.3 Å². The van der Waals surface area contributed by atoms with Crippen molar-refractivity contribution in [3.63, 3.8) is 0 Å². The van der Waals surface area contributed by atoms with Gasteiger partial charge in [-0.15, -0.1) is 0 Å². The van der Waals surface area contributed by atoms with Gasteiger partial charge in [0.15, 0.2) is 0 Å². The Hall–Kier alpha value is -1.45. The molecule has 0 aliphatic heterocycles. The van der Waals surface area contributed by atoms with Crippen LogP contribution in [0.5, 0.6) is 0 Å². The van der Waals surface area contributed by atoms with Crippen molar-refractivity contribution in [3.8, 4) is 0 Å². The smallest absolute Gasteiger partial charge is 0.315 e. The number of benzene rings is 1. The van der Waals surface area contributed by atoms with E-state index in [2.05, 4.69) is 5.32 Å². The standard InChI is InChI=1S/C11H13F2NO/c1-7-3-5-9(6-4-7)8(2)14-11(15)10(12)13/h3-6,8,10H,1-2H3,(H,14,15)/t8-/m1/s1. The van der Waals surface area contributed by atoms with Gasteiger partial charge in [0.05, 0.1) is 6.04 Å². The van der Waals surface area contributed by atoms with E-state index in [0.29, 0.717) is 0 Å². The molecule has 15 heavy (non-hydrogen) atoms.